The number of carbonyl (C=O) groups is 3. The Bertz CT molecular complexity index is 212. The van der Waals surface area contributed by atoms with Gasteiger partial charge in [-0.1, -0.05) is 0 Å². The fourth-order valence-electron chi connectivity index (χ4n) is 0.643. The van der Waals surface area contributed by atoms with Gasteiger partial charge in [-0.25, -0.2) is 9.80 Å². The number of nitrogens with zero attached hydrogens (tertiary/aromatic N) is 1. The minimum atomic E-state index is -0.711. The molecule has 0 unspecified atom stereocenters. The Kier molecular flexibility index (Phi) is 4.28. The smallest absolute Gasteiger partial charge is 0.336 e. The second-order valence-corrected chi connectivity index (χ2v) is 2.28. The van der Waals surface area contributed by atoms with Crippen LogP contribution in [0.25, 0.3) is 0 Å². The van der Waals surface area contributed by atoms with Gasteiger partial charge in [0.1, 0.15) is 6.54 Å². The Morgan fingerprint density at radius 3 is 2.23 bits per heavy atom. The molecule has 4 N–H and O–H groups in total. The van der Waals surface area contributed by atoms with E-state index in [1.165, 1.54) is 14.0 Å². The summed E-state index contributed by atoms with van der Waals surface area (Å²) in [5, 5.41) is 3.04. The minimum Gasteiger partial charge on any atom is -0.368 e. The number of urea groups is 1. The van der Waals surface area contributed by atoms with Gasteiger partial charge in [-0.15, -0.1) is 0 Å². The van der Waals surface area contributed by atoms with E-state index >= 15 is 0 Å². The number of carbonyl (C=O) groups excluding carboxylic acids is 3. The van der Waals surface area contributed by atoms with Crippen molar-refractivity contribution < 1.29 is 14.4 Å². The molecule has 0 radical (unpaired) electrons. The van der Waals surface area contributed by atoms with Crippen molar-refractivity contribution in [2.24, 2.45) is 5.73 Å². The van der Waals surface area contributed by atoms with E-state index in [-0.39, 0.29) is 6.54 Å². The third kappa shape index (κ3) is 4.62. The molecular weight excluding hydrogens is 176 g/mol. The number of nitrogens with one attached hydrogen (secondary N) is 2. The van der Waals surface area contributed by atoms with E-state index in [1.807, 2.05) is 0 Å². The molecule has 74 valence electrons. The molecule has 0 fully saturated rings. The number of hydrogen-bond acceptors (Lipinski definition) is 3. The lowest BCUT2D eigenvalue weighted by Crippen LogP contribution is -2.52. The standard InChI is InChI=1S/C6H12N4O3/c1-4(11)9-10(3-5(7)12)6(13)8-2/h3H2,1-2H3,(H2,7,12)(H,8,13)(H,9,11). The summed E-state index contributed by atoms with van der Waals surface area (Å²) >= 11 is 0. The highest BCUT2D eigenvalue weighted by atomic mass is 16.2. The zero-order valence-electron chi connectivity index (χ0n) is 7.46. The quantitative estimate of drug-likeness (QED) is 0.443. The molecular formula is C6H12N4O3. The second-order valence-electron chi connectivity index (χ2n) is 2.28. The van der Waals surface area contributed by atoms with Crippen molar-refractivity contribution in [2.45, 2.75) is 6.92 Å². The molecule has 0 aliphatic rings. The highest BCUT2D eigenvalue weighted by molar-refractivity contribution is 5.85. The molecule has 13 heavy (non-hydrogen) atoms. The lowest BCUT2D eigenvalue weighted by molar-refractivity contribution is -0.124. The van der Waals surface area contributed by atoms with Gasteiger partial charge in [0.15, 0.2) is 0 Å². The fourth-order valence-corrected chi connectivity index (χ4v) is 0.643. The van der Waals surface area contributed by atoms with Gasteiger partial charge in [0, 0.05) is 14.0 Å². The summed E-state index contributed by atoms with van der Waals surface area (Å²) < 4.78 is 0. The first-order valence-electron chi connectivity index (χ1n) is 3.52. The third-order valence-electron chi connectivity index (χ3n) is 1.07. The minimum absolute atomic E-state index is 0.362. The van der Waals surface area contributed by atoms with Crippen LogP contribution >= 0.6 is 0 Å². The van der Waals surface area contributed by atoms with Crippen molar-refractivity contribution in [3.05, 3.63) is 0 Å². The average molecular weight is 188 g/mol. The van der Waals surface area contributed by atoms with Gasteiger partial charge in [-0.3, -0.25) is 15.0 Å². The number of rotatable bonds is 2. The van der Waals surface area contributed by atoms with E-state index in [0.717, 1.165) is 5.01 Å². The molecule has 0 saturated carbocycles. The fraction of sp³-hybridized carbons (Fsp3) is 0.500. The summed E-state index contributed by atoms with van der Waals surface area (Å²) in [5.41, 5.74) is 6.99. The number of hydrogen-bond donors (Lipinski definition) is 3. The maximum absolute atomic E-state index is 11.0. The van der Waals surface area contributed by atoms with E-state index in [1.54, 1.807) is 0 Å². The van der Waals surface area contributed by atoms with Gasteiger partial charge in [-0.2, -0.15) is 0 Å². The van der Waals surface area contributed by atoms with E-state index < -0.39 is 17.8 Å². The maximum atomic E-state index is 11.0. The molecule has 7 heteroatoms. The van der Waals surface area contributed by atoms with Crippen molar-refractivity contribution in [1.82, 2.24) is 15.8 Å². The maximum Gasteiger partial charge on any atom is 0.336 e. The molecule has 7 nitrogen and oxygen atoms in total. The summed E-state index contributed by atoms with van der Waals surface area (Å²) in [5.74, 6) is -1.16. The van der Waals surface area contributed by atoms with Crippen LogP contribution in [-0.2, 0) is 9.59 Å². The van der Waals surface area contributed by atoms with Crippen molar-refractivity contribution in [3.63, 3.8) is 0 Å². The van der Waals surface area contributed by atoms with Crippen LogP contribution in [-0.4, -0.2) is 36.4 Å². The van der Waals surface area contributed by atoms with E-state index in [2.05, 4.69) is 10.7 Å². The van der Waals surface area contributed by atoms with Crippen LogP contribution in [0.5, 0.6) is 0 Å². The van der Waals surface area contributed by atoms with E-state index in [0.29, 0.717) is 0 Å². The summed E-state index contributed by atoms with van der Waals surface area (Å²) in [7, 11) is 1.37. The largest absolute Gasteiger partial charge is 0.368 e. The Morgan fingerprint density at radius 1 is 1.38 bits per heavy atom. The third-order valence-corrected chi connectivity index (χ3v) is 1.07. The highest BCUT2D eigenvalue weighted by Crippen LogP contribution is 1.82. The molecule has 4 amide bonds. The van der Waals surface area contributed by atoms with Crippen LogP contribution in [0.1, 0.15) is 6.92 Å². The predicted molar refractivity (Wildman–Crippen MR) is 44.2 cm³/mol. The van der Waals surface area contributed by atoms with Gasteiger partial charge >= 0.3 is 6.03 Å². The SMILES string of the molecule is CNC(=O)N(CC(N)=O)NC(C)=O. The number of nitrogens with two attached hydrogens (primary N) is 1. The molecule has 0 aromatic carbocycles. The first kappa shape index (κ1) is 11.2. The Balaban J connectivity index is 4.26. The Morgan fingerprint density at radius 2 is 1.92 bits per heavy atom. The summed E-state index contributed by atoms with van der Waals surface area (Å²) in [6.45, 7) is 0.857. The van der Waals surface area contributed by atoms with Crippen molar-refractivity contribution in [2.75, 3.05) is 13.6 Å². The normalized spacial score (nSPS) is 8.77. The molecule has 0 rings (SSSR count). The van der Waals surface area contributed by atoms with Gasteiger partial charge in [-0.05, 0) is 0 Å². The van der Waals surface area contributed by atoms with E-state index in [9.17, 15) is 14.4 Å². The summed E-state index contributed by atoms with van der Waals surface area (Å²) in [6, 6.07) is -0.603. The van der Waals surface area contributed by atoms with Crippen LogP contribution in [0.2, 0.25) is 0 Å². The van der Waals surface area contributed by atoms with Gasteiger partial charge < -0.3 is 11.1 Å². The average Bonchev–Trinajstić information content (AvgIpc) is 2.00. The van der Waals surface area contributed by atoms with Crippen molar-refractivity contribution >= 4 is 17.8 Å². The summed E-state index contributed by atoms with van der Waals surface area (Å²) in [6.07, 6.45) is 0. The van der Waals surface area contributed by atoms with Crippen molar-refractivity contribution in [3.8, 4) is 0 Å². The number of hydrazine groups is 1. The van der Waals surface area contributed by atoms with Crippen LogP contribution < -0.4 is 16.5 Å². The molecule has 0 aromatic rings. The van der Waals surface area contributed by atoms with Crippen molar-refractivity contribution in [1.29, 1.82) is 0 Å². The number of primary amides is 1. The molecule has 0 aliphatic heterocycles. The van der Waals surface area contributed by atoms with Gasteiger partial charge in [0.05, 0.1) is 0 Å². The Hall–Kier alpha value is -1.79. The first-order chi connectivity index (χ1) is 5.97. The highest BCUT2D eigenvalue weighted by Gasteiger charge is 2.14. The first-order valence-corrected chi connectivity index (χ1v) is 3.52. The lowest BCUT2D eigenvalue weighted by atomic mass is 10.6. The molecule has 0 aliphatic carbocycles. The zero-order valence-corrected chi connectivity index (χ0v) is 7.46. The van der Waals surface area contributed by atoms with Crippen LogP contribution in [0.4, 0.5) is 4.79 Å². The summed E-state index contributed by atoms with van der Waals surface area (Å²) in [4.78, 5) is 32.0. The molecule has 0 spiro atoms. The van der Waals surface area contributed by atoms with Crippen LogP contribution in [0.15, 0.2) is 0 Å². The van der Waals surface area contributed by atoms with Crippen LogP contribution in [0.3, 0.4) is 0 Å². The topological polar surface area (TPSA) is 105 Å². The zero-order chi connectivity index (χ0) is 10.4. The molecule has 0 heterocycles. The molecule has 0 saturated heterocycles. The molecule has 0 aromatic heterocycles. The van der Waals surface area contributed by atoms with Gasteiger partial charge in [0.2, 0.25) is 11.8 Å². The molecule has 0 atom stereocenters. The predicted octanol–water partition coefficient (Wildman–Crippen LogP) is -1.84. The second kappa shape index (κ2) is 4.96. The van der Waals surface area contributed by atoms with Gasteiger partial charge in [0.25, 0.3) is 0 Å². The molecule has 0 bridgehead atoms. The lowest BCUT2D eigenvalue weighted by Gasteiger charge is -2.19. The van der Waals surface area contributed by atoms with E-state index in [4.69, 9.17) is 5.73 Å². The number of amides is 4. The Labute approximate surface area is 75.2 Å². The van der Waals surface area contributed by atoms with Crippen LogP contribution in [0, 0.1) is 0 Å². The monoisotopic (exact) mass is 188 g/mol.